The van der Waals surface area contributed by atoms with Crippen molar-refractivity contribution in [3.63, 3.8) is 0 Å². The third-order valence-corrected chi connectivity index (χ3v) is 4.69. The number of anilines is 2. The number of para-hydroxylation sites is 3. The van der Waals surface area contributed by atoms with Crippen molar-refractivity contribution in [3.05, 3.63) is 83.9 Å². The minimum Gasteiger partial charge on any atom is -0.493 e. The summed E-state index contributed by atoms with van der Waals surface area (Å²) in [6.07, 6.45) is -0.774. The van der Waals surface area contributed by atoms with Crippen LogP contribution in [0, 0.1) is 0 Å². The van der Waals surface area contributed by atoms with Crippen LogP contribution >= 0.6 is 0 Å². The van der Waals surface area contributed by atoms with Crippen LogP contribution in [0.25, 0.3) is 0 Å². The molecule has 0 saturated carbocycles. The largest absolute Gasteiger partial charge is 0.493 e. The van der Waals surface area contributed by atoms with Crippen molar-refractivity contribution in [2.75, 3.05) is 17.3 Å². The molecule has 0 saturated heterocycles. The highest BCUT2D eigenvalue weighted by atomic mass is 19.3. The number of carbonyl (C=O) groups is 1. The van der Waals surface area contributed by atoms with Gasteiger partial charge in [-0.15, -0.1) is 0 Å². The number of halogens is 2. The lowest BCUT2D eigenvalue weighted by atomic mass is 10.0. The number of ether oxygens (including phenoxy) is 2. The molecule has 1 atom stereocenters. The van der Waals surface area contributed by atoms with Crippen molar-refractivity contribution in [2.24, 2.45) is 0 Å². The zero-order valence-electron chi connectivity index (χ0n) is 15.5. The predicted molar refractivity (Wildman–Crippen MR) is 106 cm³/mol. The number of carbonyl (C=O) groups excluding carboxylic acids is 1. The monoisotopic (exact) mass is 396 g/mol. The number of nitrogens with one attached hydrogen (secondary N) is 1. The van der Waals surface area contributed by atoms with E-state index < -0.39 is 12.8 Å². The lowest BCUT2D eigenvalue weighted by Crippen LogP contribution is -2.43. The molecule has 5 nitrogen and oxygen atoms in total. The zero-order valence-corrected chi connectivity index (χ0v) is 15.5. The van der Waals surface area contributed by atoms with Crippen molar-refractivity contribution < 1.29 is 23.0 Å². The van der Waals surface area contributed by atoms with Crippen LogP contribution in [0.3, 0.4) is 0 Å². The van der Waals surface area contributed by atoms with E-state index in [2.05, 4.69) is 5.32 Å². The van der Waals surface area contributed by atoms with Crippen LogP contribution in [0.5, 0.6) is 11.5 Å². The summed E-state index contributed by atoms with van der Waals surface area (Å²) in [5.74, 6) is -0.208. The Bertz CT molecular complexity index is 1030. The average molecular weight is 396 g/mol. The number of benzene rings is 3. The van der Waals surface area contributed by atoms with Crippen LogP contribution in [0.1, 0.15) is 22.1 Å². The van der Waals surface area contributed by atoms with Gasteiger partial charge in [-0.3, -0.25) is 9.69 Å². The summed E-state index contributed by atoms with van der Waals surface area (Å²) < 4.78 is 36.3. The molecular formula is C22H18F2N2O3. The maximum absolute atomic E-state index is 13.4. The van der Waals surface area contributed by atoms with Crippen LogP contribution in [-0.4, -0.2) is 19.6 Å². The minimum absolute atomic E-state index is 0.115. The number of nitrogens with zero attached hydrogens (tertiary/aromatic N) is 1. The van der Waals surface area contributed by atoms with Gasteiger partial charge in [0.15, 0.2) is 11.5 Å². The van der Waals surface area contributed by atoms with E-state index >= 15 is 0 Å². The molecule has 3 aromatic rings. The molecule has 1 amide bonds. The van der Waals surface area contributed by atoms with Gasteiger partial charge in [0.2, 0.25) is 0 Å². The van der Waals surface area contributed by atoms with Gasteiger partial charge in [0.25, 0.3) is 5.91 Å². The second-order valence-electron chi connectivity index (χ2n) is 6.36. The number of alkyl halides is 2. The summed E-state index contributed by atoms with van der Waals surface area (Å²) in [4.78, 5) is 14.9. The van der Waals surface area contributed by atoms with E-state index in [1.165, 1.54) is 18.1 Å². The molecular weight excluding hydrogens is 378 g/mol. The first-order chi connectivity index (χ1) is 14.1. The van der Waals surface area contributed by atoms with E-state index in [4.69, 9.17) is 9.47 Å². The SMILES string of the molecule is COc1cccc([C@@H]2Nc3ccccc3C(=O)N2c2ccccc2)c1OC(F)F. The van der Waals surface area contributed by atoms with Crippen molar-refractivity contribution in [2.45, 2.75) is 12.8 Å². The average Bonchev–Trinajstić information content (AvgIpc) is 2.74. The first-order valence-electron chi connectivity index (χ1n) is 8.96. The number of hydrogen-bond acceptors (Lipinski definition) is 4. The fraction of sp³-hybridized carbons (Fsp3) is 0.136. The third-order valence-electron chi connectivity index (χ3n) is 4.69. The third kappa shape index (κ3) is 3.47. The van der Waals surface area contributed by atoms with Gasteiger partial charge < -0.3 is 14.8 Å². The number of fused-ring (bicyclic) bond motifs is 1. The van der Waals surface area contributed by atoms with Gasteiger partial charge in [0.05, 0.1) is 12.7 Å². The Balaban J connectivity index is 1.90. The standard InChI is InChI=1S/C22H18F2N2O3/c1-28-18-13-7-11-16(19(18)29-22(23)24)20-25-17-12-6-5-10-15(17)21(27)26(20)14-8-3-2-4-9-14/h2-13,20,22,25H,1H3/t20-/m1/s1. The smallest absolute Gasteiger partial charge is 0.387 e. The van der Waals surface area contributed by atoms with Crippen LogP contribution in [0.2, 0.25) is 0 Å². The fourth-order valence-electron chi connectivity index (χ4n) is 3.45. The molecule has 0 bridgehead atoms. The number of methoxy groups -OCH3 is 1. The Morgan fingerprint density at radius 3 is 2.41 bits per heavy atom. The van der Waals surface area contributed by atoms with Gasteiger partial charge in [-0.25, -0.2) is 0 Å². The van der Waals surface area contributed by atoms with E-state index in [0.717, 1.165) is 0 Å². The van der Waals surface area contributed by atoms with E-state index in [1.807, 2.05) is 18.2 Å². The molecule has 148 valence electrons. The molecule has 0 aliphatic carbocycles. The van der Waals surface area contributed by atoms with Gasteiger partial charge in [0, 0.05) is 16.9 Å². The van der Waals surface area contributed by atoms with Gasteiger partial charge in [-0.05, 0) is 30.3 Å². The normalized spacial score (nSPS) is 15.7. The first-order valence-corrected chi connectivity index (χ1v) is 8.96. The van der Waals surface area contributed by atoms with Crippen LogP contribution in [0.4, 0.5) is 20.2 Å². The second kappa shape index (κ2) is 7.79. The molecule has 4 rings (SSSR count). The molecule has 0 fully saturated rings. The highest BCUT2D eigenvalue weighted by Gasteiger charge is 2.36. The van der Waals surface area contributed by atoms with Crippen LogP contribution in [-0.2, 0) is 0 Å². The molecule has 29 heavy (non-hydrogen) atoms. The number of rotatable bonds is 5. The Morgan fingerprint density at radius 2 is 1.69 bits per heavy atom. The van der Waals surface area contributed by atoms with Gasteiger partial charge in [-0.2, -0.15) is 8.78 Å². The first kappa shape index (κ1) is 18.7. The summed E-state index contributed by atoms with van der Waals surface area (Å²) in [6, 6.07) is 20.9. The maximum atomic E-state index is 13.4. The molecule has 3 aromatic carbocycles. The maximum Gasteiger partial charge on any atom is 0.387 e. The molecule has 0 radical (unpaired) electrons. The summed E-state index contributed by atoms with van der Waals surface area (Å²) in [5.41, 5.74) is 2.08. The molecule has 7 heteroatoms. The molecule has 0 aromatic heterocycles. The second-order valence-corrected chi connectivity index (χ2v) is 6.36. The fourth-order valence-corrected chi connectivity index (χ4v) is 3.45. The predicted octanol–water partition coefficient (Wildman–Crippen LogP) is 5.07. The van der Waals surface area contributed by atoms with Crippen molar-refractivity contribution in [1.29, 1.82) is 0 Å². The highest BCUT2D eigenvalue weighted by molar-refractivity contribution is 6.12. The summed E-state index contributed by atoms with van der Waals surface area (Å²) in [5, 5.41) is 3.28. The number of amides is 1. The molecule has 0 spiro atoms. The molecule has 0 unspecified atom stereocenters. The quantitative estimate of drug-likeness (QED) is 0.654. The Labute approximate surface area is 166 Å². The van der Waals surface area contributed by atoms with Gasteiger partial charge in [0.1, 0.15) is 6.17 Å². The summed E-state index contributed by atoms with van der Waals surface area (Å²) in [7, 11) is 1.38. The Morgan fingerprint density at radius 1 is 0.966 bits per heavy atom. The van der Waals surface area contributed by atoms with Gasteiger partial charge >= 0.3 is 6.61 Å². The van der Waals surface area contributed by atoms with Crippen molar-refractivity contribution in [1.82, 2.24) is 0 Å². The highest BCUT2D eigenvalue weighted by Crippen LogP contribution is 2.43. The van der Waals surface area contributed by atoms with Crippen LogP contribution in [0.15, 0.2) is 72.8 Å². The molecule has 1 heterocycles. The molecule has 1 N–H and O–H groups in total. The zero-order chi connectivity index (χ0) is 20.4. The van der Waals surface area contributed by atoms with Crippen LogP contribution < -0.4 is 19.7 Å². The Kier molecular flexibility index (Phi) is 5.03. The van der Waals surface area contributed by atoms with Crippen molar-refractivity contribution in [3.8, 4) is 11.5 Å². The lowest BCUT2D eigenvalue weighted by molar-refractivity contribution is -0.0519. The lowest BCUT2D eigenvalue weighted by Gasteiger charge is -2.38. The molecule has 1 aliphatic rings. The van der Waals surface area contributed by atoms with E-state index in [1.54, 1.807) is 48.5 Å². The van der Waals surface area contributed by atoms with E-state index in [9.17, 15) is 13.6 Å². The number of hydrogen-bond donors (Lipinski definition) is 1. The van der Waals surface area contributed by atoms with E-state index in [-0.39, 0.29) is 17.4 Å². The summed E-state index contributed by atoms with van der Waals surface area (Å²) >= 11 is 0. The van der Waals surface area contributed by atoms with Gasteiger partial charge in [-0.1, -0.05) is 42.5 Å². The van der Waals surface area contributed by atoms with Crippen molar-refractivity contribution >= 4 is 17.3 Å². The molecule has 1 aliphatic heterocycles. The topological polar surface area (TPSA) is 50.8 Å². The van der Waals surface area contributed by atoms with E-state index in [0.29, 0.717) is 22.5 Å². The summed E-state index contributed by atoms with van der Waals surface area (Å²) in [6.45, 7) is -3.04. The Hall–Kier alpha value is -3.61. The minimum atomic E-state index is -3.04.